The molecule has 1 aliphatic heterocycles. The van der Waals surface area contributed by atoms with Gasteiger partial charge in [0, 0.05) is 57.4 Å². The fourth-order valence-corrected chi connectivity index (χ4v) is 9.15. The van der Waals surface area contributed by atoms with Crippen LogP contribution in [0.15, 0.2) is 212 Å². The Morgan fingerprint density at radius 1 is 0.452 bits per heavy atom. The highest BCUT2D eigenvalue weighted by Crippen LogP contribution is 2.51. The summed E-state index contributed by atoms with van der Waals surface area (Å²) in [5.41, 5.74) is 15.4. The van der Waals surface area contributed by atoms with Crippen molar-refractivity contribution in [3.63, 3.8) is 0 Å². The van der Waals surface area contributed by atoms with Gasteiger partial charge >= 0.3 is 0 Å². The molecule has 0 amide bonds. The Bertz CT molecular complexity index is 3320. The van der Waals surface area contributed by atoms with Gasteiger partial charge in [0.25, 0.3) is 0 Å². The van der Waals surface area contributed by atoms with E-state index in [1.54, 1.807) is 12.4 Å². The van der Waals surface area contributed by atoms with E-state index in [1.807, 2.05) is 36.4 Å². The fraction of sp³-hybridized carbons (Fsp3) is 0.0364. The van der Waals surface area contributed by atoms with Crippen LogP contribution in [0.2, 0.25) is 0 Å². The number of hydrogen-bond donors (Lipinski definition) is 0. The summed E-state index contributed by atoms with van der Waals surface area (Å²) in [5.74, 6) is 1.84. The molecule has 0 saturated heterocycles. The molecule has 6 aromatic carbocycles. The Balaban J connectivity index is 0.884. The zero-order valence-corrected chi connectivity index (χ0v) is 33.5. The molecule has 2 aliphatic rings. The summed E-state index contributed by atoms with van der Waals surface area (Å²) in [6.45, 7) is 0. The molecule has 0 saturated carbocycles. The number of para-hydroxylation sites is 2. The predicted octanol–water partition coefficient (Wildman–Crippen LogP) is 13.2. The Morgan fingerprint density at radius 2 is 1.10 bits per heavy atom. The number of fused-ring (bicyclic) bond motifs is 6. The molecule has 4 aromatic heterocycles. The number of nitrogens with zero attached hydrogens (tertiary/aromatic N) is 7. The van der Waals surface area contributed by atoms with E-state index >= 15 is 0 Å². The van der Waals surface area contributed by atoms with Crippen LogP contribution in [0.4, 0.5) is 11.4 Å². The second-order valence-corrected chi connectivity index (χ2v) is 15.7. The number of hydrogen-bond acceptors (Lipinski definition) is 6. The van der Waals surface area contributed by atoms with Gasteiger partial charge in [-0.15, -0.1) is 0 Å². The third-order valence-electron chi connectivity index (χ3n) is 12.1. The lowest BCUT2D eigenvalue weighted by Gasteiger charge is -2.24. The smallest absolute Gasteiger partial charge is 0.182 e. The molecule has 12 rings (SSSR count). The number of aromatic nitrogens is 6. The van der Waals surface area contributed by atoms with E-state index in [-0.39, 0.29) is 5.92 Å². The Morgan fingerprint density at radius 3 is 1.87 bits per heavy atom. The van der Waals surface area contributed by atoms with Gasteiger partial charge in [0.1, 0.15) is 11.4 Å². The normalized spacial score (nSPS) is 14.2. The highest BCUT2D eigenvalue weighted by Gasteiger charge is 2.35. The molecule has 0 fully saturated rings. The predicted molar refractivity (Wildman–Crippen MR) is 250 cm³/mol. The van der Waals surface area contributed by atoms with E-state index < -0.39 is 0 Å². The third kappa shape index (κ3) is 6.09. The summed E-state index contributed by atoms with van der Waals surface area (Å²) < 4.78 is 2.36. The Kier molecular flexibility index (Phi) is 8.49. The lowest BCUT2D eigenvalue weighted by molar-refractivity contribution is 0.820. The molecule has 7 heteroatoms. The van der Waals surface area contributed by atoms with Gasteiger partial charge in [0.05, 0.1) is 11.0 Å². The van der Waals surface area contributed by atoms with E-state index in [0.29, 0.717) is 28.9 Å². The molecule has 10 aromatic rings. The molecule has 7 nitrogen and oxygen atoms in total. The highest BCUT2D eigenvalue weighted by molar-refractivity contribution is 6.10. The summed E-state index contributed by atoms with van der Waals surface area (Å²) in [7, 11) is 0. The SMILES string of the molecule is C1=CCC2C(=C1)N(c1ccc(-c3ccc4c(c3)c3ccccc3n4-c3ccccc3)cc1)c1ccc(-c3cccc(-c4nc(-c5ccccn5)nc(-c5ccccn5)n4)c3)cc12. The molecule has 1 aliphatic carbocycles. The molecule has 0 bridgehead atoms. The average molecular weight is 796 g/mol. The van der Waals surface area contributed by atoms with Crippen LogP contribution >= 0.6 is 0 Å². The van der Waals surface area contributed by atoms with Crippen molar-refractivity contribution in [2.75, 3.05) is 4.90 Å². The molecule has 62 heavy (non-hydrogen) atoms. The number of benzene rings is 6. The Labute approximate surface area is 358 Å². The average Bonchev–Trinajstić information content (AvgIpc) is 3.87. The summed E-state index contributed by atoms with van der Waals surface area (Å²) >= 11 is 0. The zero-order valence-electron chi connectivity index (χ0n) is 33.5. The lowest BCUT2D eigenvalue weighted by Crippen LogP contribution is -2.14. The molecule has 5 heterocycles. The lowest BCUT2D eigenvalue weighted by atomic mass is 9.90. The third-order valence-corrected chi connectivity index (χ3v) is 12.1. The standard InChI is InChI=1S/C55H37N7/c1-2-15-41(16-3-1)61-49-21-6-4-17-43(49)45-34-38(25-29-51(45)61)36-23-27-42(28-24-36)62-50-22-7-5-18-44(50)46-35-39(26-30-52(46)62)37-13-12-14-40(33-37)53-58-54(47-19-8-10-31-56-47)60-55(59-53)48-20-9-11-32-57-48/h1-17,19-35,44H,18H2. The largest absolute Gasteiger partial charge is 0.313 e. The van der Waals surface area contributed by atoms with Gasteiger partial charge < -0.3 is 9.47 Å². The minimum absolute atomic E-state index is 0.257. The van der Waals surface area contributed by atoms with Crippen molar-refractivity contribution >= 4 is 33.2 Å². The zero-order chi connectivity index (χ0) is 41.0. The van der Waals surface area contributed by atoms with E-state index in [4.69, 9.17) is 15.0 Å². The van der Waals surface area contributed by atoms with Crippen LogP contribution < -0.4 is 4.90 Å². The maximum absolute atomic E-state index is 4.92. The number of allylic oxidation sites excluding steroid dienone is 4. The molecule has 292 valence electrons. The summed E-state index contributed by atoms with van der Waals surface area (Å²) in [4.78, 5) is 26.1. The van der Waals surface area contributed by atoms with Crippen LogP contribution in [-0.2, 0) is 0 Å². The first-order chi connectivity index (χ1) is 30.7. The van der Waals surface area contributed by atoms with Crippen LogP contribution in [0.5, 0.6) is 0 Å². The highest BCUT2D eigenvalue weighted by atomic mass is 15.2. The molecule has 0 spiro atoms. The van der Waals surface area contributed by atoms with Crippen molar-refractivity contribution in [2.24, 2.45) is 0 Å². The van der Waals surface area contributed by atoms with Crippen molar-refractivity contribution in [1.82, 2.24) is 29.5 Å². The van der Waals surface area contributed by atoms with Crippen LogP contribution in [0.25, 0.3) is 84.2 Å². The summed E-state index contributed by atoms with van der Waals surface area (Å²) in [6, 6.07) is 62.0. The quantitative estimate of drug-likeness (QED) is 0.160. The first kappa shape index (κ1) is 35.6. The number of anilines is 2. The maximum Gasteiger partial charge on any atom is 0.182 e. The van der Waals surface area contributed by atoms with E-state index in [0.717, 1.165) is 28.8 Å². The van der Waals surface area contributed by atoms with E-state index in [9.17, 15) is 0 Å². The molecular formula is C55H37N7. The minimum atomic E-state index is 0.257. The van der Waals surface area contributed by atoms with Crippen LogP contribution in [-0.4, -0.2) is 29.5 Å². The molecule has 0 radical (unpaired) electrons. The van der Waals surface area contributed by atoms with E-state index in [1.165, 1.54) is 55.6 Å². The fourth-order valence-electron chi connectivity index (χ4n) is 9.15. The van der Waals surface area contributed by atoms with Gasteiger partial charge in [-0.1, -0.05) is 103 Å². The van der Waals surface area contributed by atoms with Crippen LogP contribution in [0.3, 0.4) is 0 Å². The summed E-state index contributed by atoms with van der Waals surface area (Å²) in [6.07, 6.45) is 11.2. The topological polar surface area (TPSA) is 72.6 Å². The second kappa shape index (κ2) is 14.8. The van der Waals surface area contributed by atoms with Crippen LogP contribution in [0, 0.1) is 0 Å². The van der Waals surface area contributed by atoms with Crippen molar-refractivity contribution in [2.45, 2.75) is 12.3 Å². The monoisotopic (exact) mass is 795 g/mol. The van der Waals surface area contributed by atoms with Crippen molar-refractivity contribution < 1.29 is 0 Å². The van der Waals surface area contributed by atoms with E-state index in [2.05, 4.69) is 177 Å². The second-order valence-electron chi connectivity index (χ2n) is 15.7. The van der Waals surface area contributed by atoms with Crippen molar-refractivity contribution in [1.29, 1.82) is 0 Å². The van der Waals surface area contributed by atoms with Gasteiger partial charge in [-0.3, -0.25) is 9.97 Å². The Hall–Kier alpha value is -8.29. The van der Waals surface area contributed by atoms with Gasteiger partial charge in [-0.25, -0.2) is 15.0 Å². The van der Waals surface area contributed by atoms with Gasteiger partial charge in [0.2, 0.25) is 0 Å². The number of pyridine rings is 2. The molecular weight excluding hydrogens is 759 g/mol. The van der Waals surface area contributed by atoms with Gasteiger partial charge in [0.15, 0.2) is 17.5 Å². The first-order valence-electron chi connectivity index (χ1n) is 20.9. The molecule has 0 N–H and O–H groups in total. The molecule has 1 unspecified atom stereocenters. The number of rotatable bonds is 7. The van der Waals surface area contributed by atoms with Crippen LogP contribution in [0.1, 0.15) is 17.9 Å². The summed E-state index contributed by atoms with van der Waals surface area (Å²) in [5, 5.41) is 2.50. The van der Waals surface area contributed by atoms with Gasteiger partial charge in [-0.2, -0.15) is 0 Å². The minimum Gasteiger partial charge on any atom is -0.313 e. The molecule has 1 atom stereocenters. The van der Waals surface area contributed by atoms with Gasteiger partial charge in [-0.05, 0) is 125 Å². The van der Waals surface area contributed by atoms with Crippen molar-refractivity contribution in [3.05, 3.63) is 218 Å². The van der Waals surface area contributed by atoms with Crippen molar-refractivity contribution in [3.8, 4) is 62.4 Å². The first-order valence-corrected chi connectivity index (χ1v) is 20.9. The maximum atomic E-state index is 4.92.